The van der Waals surface area contributed by atoms with Crippen LogP contribution in [0.3, 0.4) is 0 Å². The highest BCUT2D eigenvalue weighted by atomic mass is 16.2. The Morgan fingerprint density at radius 2 is 2.20 bits per heavy atom. The van der Waals surface area contributed by atoms with Crippen molar-refractivity contribution in [1.82, 2.24) is 25.1 Å². The van der Waals surface area contributed by atoms with Crippen molar-refractivity contribution in [3.8, 4) is 5.95 Å². The molecule has 0 aliphatic heterocycles. The summed E-state index contributed by atoms with van der Waals surface area (Å²) in [6.07, 6.45) is 3.81. The Balaban J connectivity index is 1.90. The van der Waals surface area contributed by atoms with Gasteiger partial charge in [0.05, 0.1) is 11.4 Å². The Bertz CT molecular complexity index is 911. The largest absolute Gasteiger partial charge is 0.344 e. The molecule has 0 atom stereocenters. The summed E-state index contributed by atoms with van der Waals surface area (Å²) in [7, 11) is 0. The van der Waals surface area contributed by atoms with E-state index in [1.807, 2.05) is 0 Å². The second kappa shape index (κ2) is 6.71. The van der Waals surface area contributed by atoms with Gasteiger partial charge in [-0.3, -0.25) is 19.4 Å². The number of H-pyrrole nitrogens is 1. The average Bonchev–Trinajstić information content (AvgIpc) is 3.19. The maximum atomic E-state index is 12.2. The van der Waals surface area contributed by atoms with Crippen molar-refractivity contribution >= 4 is 17.6 Å². The predicted molar refractivity (Wildman–Crippen MR) is 90.6 cm³/mol. The van der Waals surface area contributed by atoms with Gasteiger partial charge in [0.15, 0.2) is 0 Å². The highest BCUT2D eigenvalue weighted by molar-refractivity contribution is 6.39. The van der Waals surface area contributed by atoms with Gasteiger partial charge in [0, 0.05) is 18.2 Å². The number of aromatic amines is 1. The molecule has 3 rings (SSSR count). The van der Waals surface area contributed by atoms with E-state index >= 15 is 0 Å². The topological polar surface area (TPSA) is 122 Å². The molecule has 25 heavy (non-hydrogen) atoms. The van der Waals surface area contributed by atoms with E-state index in [1.54, 1.807) is 13.0 Å². The fraction of sp³-hybridized carbons (Fsp3) is 0.312. The number of aromatic nitrogens is 4. The van der Waals surface area contributed by atoms with E-state index in [0.717, 1.165) is 18.5 Å². The summed E-state index contributed by atoms with van der Waals surface area (Å²) in [5.41, 5.74) is 1.84. The van der Waals surface area contributed by atoms with E-state index in [0.29, 0.717) is 17.7 Å². The number of aryl methyl sites for hydroxylation is 2. The molecule has 0 radical (unpaired) electrons. The standard InChI is InChI=1S/C16H18N6O3/c1-3-7-17-14(24)15(25)19-12-8-9(2)21-22(12)16-18-11-6-4-5-10(11)13(23)20-16/h3,8H,1,4-7H2,2H3,(H,17,24)(H,19,25)(H,18,20,23). The van der Waals surface area contributed by atoms with Crippen LogP contribution in [-0.4, -0.2) is 38.1 Å². The fourth-order valence-electron chi connectivity index (χ4n) is 2.70. The number of hydrogen-bond acceptors (Lipinski definition) is 5. The zero-order valence-corrected chi connectivity index (χ0v) is 13.8. The Morgan fingerprint density at radius 3 is 2.96 bits per heavy atom. The Labute approximate surface area is 143 Å². The van der Waals surface area contributed by atoms with E-state index in [1.165, 1.54) is 10.8 Å². The number of fused-ring (bicyclic) bond motifs is 1. The molecule has 2 aromatic rings. The van der Waals surface area contributed by atoms with Gasteiger partial charge in [-0.1, -0.05) is 6.08 Å². The first kappa shape index (κ1) is 16.6. The fourth-order valence-corrected chi connectivity index (χ4v) is 2.70. The summed E-state index contributed by atoms with van der Waals surface area (Å²) in [4.78, 5) is 43.0. The van der Waals surface area contributed by atoms with Crippen LogP contribution in [0.5, 0.6) is 0 Å². The summed E-state index contributed by atoms with van der Waals surface area (Å²) in [5.74, 6) is -1.18. The van der Waals surface area contributed by atoms with Crippen LogP contribution < -0.4 is 16.2 Å². The molecule has 0 aromatic carbocycles. The molecule has 1 aliphatic rings. The third-order valence-corrected chi connectivity index (χ3v) is 3.82. The minimum absolute atomic E-state index is 0.185. The number of nitrogens with zero attached hydrogens (tertiary/aromatic N) is 3. The van der Waals surface area contributed by atoms with Crippen molar-refractivity contribution in [3.63, 3.8) is 0 Å². The molecular formula is C16H18N6O3. The number of carbonyl (C=O) groups excluding carboxylic acids is 2. The number of nitrogens with one attached hydrogen (secondary N) is 3. The van der Waals surface area contributed by atoms with Crippen molar-refractivity contribution in [2.24, 2.45) is 0 Å². The normalized spacial score (nSPS) is 12.5. The maximum absolute atomic E-state index is 12.2. The van der Waals surface area contributed by atoms with Crippen LogP contribution in [0, 0.1) is 6.92 Å². The van der Waals surface area contributed by atoms with Crippen LogP contribution in [0.15, 0.2) is 23.5 Å². The van der Waals surface area contributed by atoms with Gasteiger partial charge >= 0.3 is 11.8 Å². The monoisotopic (exact) mass is 342 g/mol. The first-order valence-corrected chi connectivity index (χ1v) is 7.88. The van der Waals surface area contributed by atoms with E-state index < -0.39 is 11.8 Å². The molecular weight excluding hydrogens is 324 g/mol. The summed E-state index contributed by atoms with van der Waals surface area (Å²) in [6.45, 7) is 5.38. The molecule has 2 heterocycles. The van der Waals surface area contributed by atoms with Crippen LogP contribution in [0.2, 0.25) is 0 Å². The zero-order valence-electron chi connectivity index (χ0n) is 13.8. The number of hydrogen-bond donors (Lipinski definition) is 3. The van der Waals surface area contributed by atoms with Crippen LogP contribution in [0.1, 0.15) is 23.4 Å². The lowest BCUT2D eigenvalue weighted by Crippen LogP contribution is -2.36. The first-order valence-electron chi connectivity index (χ1n) is 7.88. The molecule has 2 amide bonds. The first-order chi connectivity index (χ1) is 12.0. The van der Waals surface area contributed by atoms with Crippen molar-refractivity contribution < 1.29 is 9.59 Å². The highest BCUT2D eigenvalue weighted by Crippen LogP contribution is 2.19. The van der Waals surface area contributed by atoms with Crippen molar-refractivity contribution in [2.45, 2.75) is 26.2 Å². The molecule has 0 saturated carbocycles. The summed E-state index contributed by atoms with van der Waals surface area (Å²) < 4.78 is 1.31. The van der Waals surface area contributed by atoms with Crippen LogP contribution in [0.4, 0.5) is 5.82 Å². The van der Waals surface area contributed by atoms with Crippen molar-refractivity contribution in [1.29, 1.82) is 0 Å². The molecule has 1 aliphatic carbocycles. The molecule has 9 heteroatoms. The zero-order chi connectivity index (χ0) is 18.0. The van der Waals surface area contributed by atoms with Gasteiger partial charge in [0.25, 0.3) is 5.56 Å². The summed E-state index contributed by atoms with van der Waals surface area (Å²) in [6, 6.07) is 1.59. The van der Waals surface area contributed by atoms with Gasteiger partial charge in [-0.05, 0) is 26.2 Å². The van der Waals surface area contributed by atoms with E-state index in [4.69, 9.17) is 0 Å². The average molecular weight is 342 g/mol. The Morgan fingerprint density at radius 1 is 1.40 bits per heavy atom. The molecule has 3 N–H and O–H groups in total. The lowest BCUT2D eigenvalue weighted by molar-refractivity contribution is -0.136. The molecule has 0 unspecified atom stereocenters. The molecule has 130 valence electrons. The minimum atomic E-state index is -0.841. The van der Waals surface area contributed by atoms with Crippen LogP contribution >= 0.6 is 0 Å². The van der Waals surface area contributed by atoms with Crippen LogP contribution in [0.25, 0.3) is 5.95 Å². The number of anilines is 1. The lowest BCUT2D eigenvalue weighted by Gasteiger charge is -2.09. The smallest absolute Gasteiger partial charge is 0.314 e. The summed E-state index contributed by atoms with van der Waals surface area (Å²) >= 11 is 0. The molecule has 0 bridgehead atoms. The predicted octanol–water partition coefficient (Wildman–Crippen LogP) is -0.00658. The number of carbonyl (C=O) groups is 2. The highest BCUT2D eigenvalue weighted by Gasteiger charge is 2.21. The lowest BCUT2D eigenvalue weighted by atomic mass is 10.3. The number of amides is 2. The molecule has 0 spiro atoms. The van der Waals surface area contributed by atoms with Gasteiger partial charge in [0.1, 0.15) is 5.82 Å². The van der Waals surface area contributed by atoms with Gasteiger partial charge in [-0.2, -0.15) is 9.78 Å². The summed E-state index contributed by atoms with van der Waals surface area (Å²) in [5, 5.41) is 9.11. The van der Waals surface area contributed by atoms with Crippen molar-refractivity contribution in [2.75, 3.05) is 11.9 Å². The van der Waals surface area contributed by atoms with E-state index in [-0.39, 0.29) is 23.9 Å². The molecule has 0 saturated heterocycles. The maximum Gasteiger partial charge on any atom is 0.314 e. The second-order valence-electron chi connectivity index (χ2n) is 5.70. The Hall–Kier alpha value is -3.23. The van der Waals surface area contributed by atoms with Crippen LogP contribution in [-0.2, 0) is 22.4 Å². The van der Waals surface area contributed by atoms with Crippen molar-refractivity contribution in [3.05, 3.63) is 46.0 Å². The molecule has 0 fully saturated rings. The van der Waals surface area contributed by atoms with Gasteiger partial charge in [-0.15, -0.1) is 6.58 Å². The second-order valence-corrected chi connectivity index (χ2v) is 5.70. The third kappa shape index (κ3) is 3.35. The van der Waals surface area contributed by atoms with Gasteiger partial charge < -0.3 is 10.6 Å². The quantitative estimate of drug-likeness (QED) is 0.533. The Kier molecular flexibility index (Phi) is 4.46. The molecule has 2 aromatic heterocycles. The minimum Gasteiger partial charge on any atom is -0.344 e. The number of rotatable bonds is 4. The molecule has 9 nitrogen and oxygen atoms in total. The van der Waals surface area contributed by atoms with E-state index in [9.17, 15) is 14.4 Å². The van der Waals surface area contributed by atoms with E-state index in [2.05, 4.69) is 32.3 Å². The van der Waals surface area contributed by atoms with Gasteiger partial charge in [0.2, 0.25) is 5.95 Å². The third-order valence-electron chi connectivity index (χ3n) is 3.82. The van der Waals surface area contributed by atoms with Gasteiger partial charge in [-0.25, -0.2) is 4.98 Å². The SMILES string of the molecule is C=CCNC(=O)C(=O)Nc1cc(C)nn1-c1nc2c(c(=O)[nH]1)CCC2.